The molecule has 30 heavy (non-hydrogen) atoms. The number of fused-ring (bicyclic) bond motifs is 1. The van der Waals surface area contributed by atoms with Gasteiger partial charge in [0, 0.05) is 29.1 Å². The zero-order chi connectivity index (χ0) is 21.0. The van der Waals surface area contributed by atoms with E-state index in [-0.39, 0.29) is 29.5 Å². The van der Waals surface area contributed by atoms with Gasteiger partial charge in [-0.15, -0.1) is 11.3 Å². The van der Waals surface area contributed by atoms with Crippen molar-refractivity contribution >= 4 is 27.3 Å². The van der Waals surface area contributed by atoms with E-state index in [1.807, 2.05) is 35.7 Å². The molecule has 1 aliphatic heterocycles. The largest absolute Gasteiger partial charge is 0.486 e. The van der Waals surface area contributed by atoms with Crippen LogP contribution in [-0.2, 0) is 23.1 Å². The van der Waals surface area contributed by atoms with Crippen molar-refractivity contribution in [2.75, 3.05) is 13.2 Å². The maximum Gasteiger partial charge on any atom is 0.251 e. The number of amides is 1. The maximum absolute atomic E-state index is 12.6. The smallest absolute Gasteiger partial charge is 0.251 e. The number of benzene rings is 2. The summed E-state index contributed by atoms with van der Waals surface area (Å²) in [5.74, 6) is 0.899. The first-order chi connectivity index (χ1) is 14.5. The Kier molecular flexibility index (Phi) is 6.03. The molecule has 0 bridgehead atoms. The molecule has 0 spiro atoms. The van der Waals surface area contributed by atoms with Crippen molar-refractivity contribution in [3.05, 3.63) is 76.0 Å². The van der Waals surface area contributed by atoms with Crippen molar-refractivity contribution in [1.29, 1.82) is 0 Å². The van der Waals surface area contributed by atoms with Crippen LogP contribution in [0.15, 0.2) is 64.9 Å². The minimum Gasteiger partial charge on any atom is -0.486 e. The lowest BCUT2D eigenvalue weighted by molar-refractivity contribution is 0.0949. The van der Waals surface area contributed by atoms with E-state index in [2.05, 4.69) is 10.0 Å². The van der Waals surface area contributed by atoms with Gasteiger partial charge in [-0.25, -0.2) is 13.1 Å². The number of carbonyl (C=O) groups is 1. The SMILES string of the molecule is O=C(NCc1cccc2c1OCCO2)c1cccc(S(=O)(=O)NCc2cccs2)c1. The summed E-state index contributed by atoms with van der Waals surface area (Å²) in [7, 11) is -3.73. The Labute approximate surface area is 178 Å². The van der Waals surface area contributed by atoms with Crippen LogP contribution in [0.5, 0.6) is 11.5 Å². The fourth-order valence-corrected chi connectivity index (χ4v) is 4.81. The van der Waals surface area contributed by atoms with Crippen LogP contribution >= 0.6 is 11.3 Å². The van der Waals surface area contributed by atoms with E-state index in [0.717, 1.165) is 10.4 Å². The third-order valence-corrected chi connectivity index (χ3v) is 6.79. The minimum absolute atomic E-state index is 0.0422. The minimum atomic E-state index is -3.73. The maximum atomic E-state index is 12.6. The first-order valence-corrected chi connectivity index (χ1v) is 11.7. The van der Waals surface area contributed by atoms with Crippen molar-refractivity contribution in [1.82, 2.24) is 10.0 Å². The zero-order valence-corrected chi connectivity index (χ0v) is 17.6. The molecule has 2 N–H and O–H groups in total. The van der Waals surface area contributed by atoms with Crippen molar-refractivity contribution in [2.24, 2.45) is 0 Å². The first kappa shape index (κ1) is 20.4. The van der Waals surface area contributed by atoms with Crippen LogP contribution in [0.4, 0.5) is 0 Å². The lowest BCUT2D eigenvalue weighted by Crippen LogP contribution is -2.26. The van der Waals surface area contributed by atoms with E-state index in [4.69, 9.17) is 9.47 Å². The molecule has 1 aliphatic rings. The fraction of sp³-hybridized carbons (Fsp3) is 0.190. The molecule has 0 saturated carbocycles. The number of para-hydroxylation sites is 1. The number of ether oxygens (including phenoxy) is 2. The lowest BCUT2D eigenvalue weighted by Gasteiger charge is -2.21. The third kappa shape index (κ3) is 4.64. The Bertz CT molecular complexity index is 1140. The number of rotatable bonds is 7. The van der Waals surface area contributed by atoms with Crippen LogP contribution in [0.2, 0.25) is 0 Å². The molecule has 156 valence electrons. The summed E-state index contributed by atoms with van der Waals surface area (Å²) in [5, 5.41) is 4.69. The van der Waals surface area contributed by atoms with Gasteiger partial charge in [-0.2, -0.15) is 0 Å². The Morgan fingerprint density at radius 1 is 1.00 bits per heavy atom. The van der Waals surface area contributed by atoms with Gasteiger partial charge in [0.2, 0.25) is 10.0 Å². The summed E-state index contributed by atoms with van der Waals surface area (Å²) < 4.78 is 38.9. The fourth-order valence-electron chi connectivity index (χ4n) is 3.02. The number of nitrogens with one attached hydrogen (secondary N) is 2. The number of hydrogen-bond donors (Lipinski definition) is 2. The molecule has 0 atom stereocenters. The van der Waals surface area contributed by atoms with Gasteiger partial charge < -0.3 is 14.8 Å². The highest BCUT2D eigenvalue weighted by molar-refractivity contribution is 7.89. The van der Waals surface area contributed by atoms with E-state index in [9.17, 15) is 13.2 Å². The van der Waals surface area contributed by atoms with Gasteiger partial charge in [0.15, 0.2) is 11.5 Å². The van der Waals surface area contributed by atoms with Crippen LogP contribution in [-0.4, -0.2) is 27.5 Å². The number of sulfonamides is 1. The van der Waals surface area contributed by atoms with Gasteiger partial charge in [-0.05, 0) is 35.7 Å². The Morgan fingerprint density at radius 2 is 1.83 bits per heavy atom. The second-order valence-corrected chi connectivity index (χ2v) is 9.35. The molecule has 1 amide bonds. The second-order valence-electron chi connectivity index (χ2n) is 6.56. The van der Waals surface area contributed by atoms with E-state index >= 15 is 0 Å². The van der Waals surface area contributed by atoms with Crippen LogP contribution in [0.3, 0.4) is 0 Å². The predicted molar refractivity (Wildman–Crippen MR) is 113 cm³/mol. The number of thiophene rings is 1. The molecule has 3 aromatic rings. The van der Waals surface area contributed by atoms with Gasteiger partial charge in [-0.1, -0.05) is 24.3 Å². The van der Waals surface area contributed by atoms with Crippen LogP contribution in [0, 0.1) is 0 Å². The molecule has 9 heteroatoms. The molecule has 0 unspecified atom stereocenters. The first-order valence-electron chi connectivity index (χ1n) is 9.31. The molecule has 2 aromatic carbocycles. The molecule has 0 saturated heterocycles. The molecular weight excluding hydrogens is 424 g/mol. The average molecular weight is 445 g/mol. The van der Waals surface area contributed by atoms with Gasteiger partial charge in [0.1, 0.15) is 13.2 Å². The normalized spacial score (nSPS) is 13.1. The topological polar surface area (TPSA) is 93.7 Å². The van der Waals surface area contributed by atoms with Gasteiger partial charge in [-0.3, -0.25) is 4.79 Å². The average Bonchev–Trinajstić information content (AvgIpc) is 3.30. The number of hydrogen-bond acceptors (Lipinski definition) is 6. The zero-order valence-electron chi connectivity index (χ0n) is 16.0. The van der Waals surface area contributed by atoms with Crippen LogP contribution in [0.1, 0.15) is 20.8 Å². The van der Waals surface area contributed by atoms with Crippen molar-refractivity contribution in [3.63, 3.8) is 0 Å². The summed E-state index contributed by atoms with van der Waals surface area (Å²) in [5.41, 5.74) is 1.05. The van der Waals surface area contributed by atoms with Crippen LogP contribution in [0.25, 0.3) is 0 Å². The Balaban J connectivity index is 1.44. The standard InChI is InChI=1S/C21H20N2O5S2/c24-21(22-13-16-5-2-8-19-20(16)28-10-9-27-19)15-4-1-7-18(12-15)30(25,26)23-14-17-6-3-11-29-17/h1-8,11-12,23H,9-10,13-14H2,(H,22,24). The van der Waals surface area contributed by atoms with E-state index in [1.54, 1.807) is 12.1 Å². The third-order valence-electron chi connectivity index (χ3n) is 4.51. The van der Waals surface area contributed by atoms with E-state index in [1.165, 1.54) is 23.5 Å². The summed E-state index contributed by atoms with van der Waals surface area (Å²) in [4.78, 5) is 13.6. The highest BCUT2D eigenvalue weighted by atomic mass is 32.2. The van der Waals surface area contributed by atoms with Crippen molar-refractivity contribution in [2.45, 2.75) is 18.0 Å². The van der Waals surface area contributed by atoms with Crippen LogP contribution < -0.4 is 19.5 Å². The lowest BCUT2D eigenvalue weighted by atomic mass is 10.1. The Morgan fingerprint density at radius 3 is 2.67 bits per heavy atom. The molecule has 0 aliphatic carbocycles. The highest BCUT2D eigenvalue weighted by Crippen LogP contribution is 2.33. The van der Waals surface area contributed by atoms with Gasteiger partial charge in [0.25, 0.3) is 5.91 Å². The van der Waals surface area contributed by atoms with E-state index < -0.39 is 10.0 Å². The molecule has 1 aromatic heterocycles. The van der Waals surface area contributed by atoms with Gasteiger partial charge in [0.05, 0.1) is 4.90 Å². The summed E-state index contributed by atoms with van der Waals surface area (Å²) >= 11 is 1.47. The Hall–Kier alpha value is -2.88. The molecular formula is C21H20N2O5S2. The summed E-state index contributed by atoms with van der Waals surface area (Å²) in [6.45, 7) is 1.39. The molecule has 4 rings (SSSR count). The quantitative estimate of drug-likeness (QED) is 0.584. The molecule has 2 heterocycles. The van der Waals surface area contributed by atoms with Gasteiger partial charge >= 0.3 is 0 Å². The molecule has 7 nitrogen and oxygen atoms in total. The van der Waals surface area contributed by atoms with E-state index in [0.29, 0.717) is 24.7 Å². The van der Waals surface area contributed by atoms with Crippen molar-refractivity contribution in [3.8, 4) is 11.5 Å². The predicted octanol–water partition coefficient (Wildman–Crippen LogP) is 2.93. The molecule has 0 radical (unpaired) electrons. The molecule has 0 fully saturated rings. The summed E-state index contributed by atoms with van der Waals surface area (Å²) in [6, 6.07) is 15.2. The van der Waals surface area contributed by atoms with Crippen molar-refractivity contribution < 1.29 is 22.7 Å². The number of carbonyl (C=O) groups excluding carboxylic acids is 1. The second kappa shape index (κ2) is 8.86. The monoisotopic (exact) mass is 444 g/mol. The summed E-state index contributed by atoms with van der Waals surface area (Å²) in [6.07, 6.45) is 0. The highest BCUT2D eigenvalue weighted by Gasteiger charge is 2.18.